The first kappa shape index (κ1) is 16.9. The lowest BCUT2D eigenvalue weighted by Crippen LogP contribution is -2.19. The summed E-state index contributed by atoms with van der Waals surface area (Å²) in [5, 5.41) is -0.0214. The van der Waals surface area contributed by atoms with Crippen LogP contribution in [0.3, 0.4) is 0 Å². The number of halogens is 4. The van der Waals surface area contributed by atoms with E-state index in [4.69, 9.17) is 22.1 Å². The summed E-state index contributed by atoms with van der Waals surface area (Å²) in [7, 11) is 0. The van der Waals surface area contributed by atoms with Gasteiger partial charge in [0.15, 0.2) is 18.1 Å². The van der Waals surface area contributed by atoms with Gasteiger partial charge in [0.05, 0.1) is 5.56 Å². The van der Waals surface area contributed by atoms with E-state index in [1.54, 1.807) is 6.07 Å². The summed E-state index contributed by atoms with van der Waals surface area (Å²) < 4.78 is 46.8. The molecule has 0 fully saturated rings. The molecule has 0 aliphatic carbocycles. The maximum Gasteiger partial charge on any atom is 0.422 e. The molecular formula is C14H10ClF3N2O3. The van der Waals surface area contributed by atoms with Gasteiger partial charge in [-0.05, 0) is 18.2 Å². The molecule has 1 aromatic heterocycles. The number of primary amides is 1. The Bertz CT molecular complexity index is 723. The average Bonchev–Trinajstić information content (AvgIpc) is 2.47. The van der Waals surface area contributed by atoms with Crippen LogP contribution in [0.4, 0.5) is 13.2 Å². The summed E-state index contributed by atoms with van der Waals surface area (Å²) in [4.78, 5) is 14.8. The van der Waals surface area contributed by atoms with E-state index in [2.05, 4.69) is 9.72 Å². The zero-order chi connectivity index (χ0) is 17.0. The lowest BCUT2D eigenvalue weighted by molar-refractivity contribution is -0.153. The fraction of sp³-hybridized carbons (Fsp3) is 0.143. The predicted octanol–water partition coefficient (Wildman–Crippen LogP) is 3.57. The molecule has 2 aromatic rings. The van der Waals surface area contributed by atoms with E-state index in [1.165, 1.54) is 24.3 Å². The number of rotatable bonds is 5. The number of carbonyl (C=O) groups excluding carboxylic acids is 1. The van der Waals surface area contributed by atoms with Crippen LogP contribution in [0.15, 0.2) is 36.5 Å². The molecule has 0 aliphatic rings. The van der Waals surface area contributed by atoms with Gasteiger partial charge >= 0.3 is 6.18 Å². The molecule has 1 heterocycles. The van der Waals surface area contributed by atoms with Crippen LogP contribution in [0.1, 0.15) is 10.4 Å². The molecule has 23 heavy (non-hydrogen) atoms. The summed E-state index contributed by atoms with van der Waals surface area (Å²) >= 11 is 5.91. The summed E-state index contributed by atoms with van der Waals surface area (Å²) in [6.07, 6.45) is -3.34. The Kier molecular flexibility index (Phi) is 4.95. The van der Waals surface area contributed by atoms with Crippen LogP contribution < -0.4 is 15.2 Å². The van der Waals surface area contributed by atoms with Gasteiger partial charge in [-0.1, -0.05) is 23.7 Å². The molecule has 0 aliphatic heterocycles. The van der Waals surface area contributed by atoms with Crippen molar-refractivity contribution in [1.82, 2.24) is 4.98 Å². The number of amides is 1. The third kappa shape index (κ3) is 4.75. The van der Waals surface area contributed by atoms with Crippen molar-refractivity contribution >= 4 is 17.5 Å². The average molecular weight is 347 g/mol. The Morgan fingerprint density at radius 3 is 2.48 bits per heavy atom. The fourth-order valence-corrected chi connectivity index (χ4v) is 1.76. The van der Waals surface area contributed by atoms with Gasteiger partial charge in [0.1, 0.15) is 5.02 Å². The van der Waals surface area contributed by atoms with Crippen LogP contribution in [0.2, 0.25) is 5.02 Å². The zero-order valence-corrected chi connectivity index (χ0v) is 12.2. The van der Waals surface area contributed by atoms with Crippen LogP contribution >= 0.6 is 11.6 Å². The van der Waals surface area contributed by atoms with Gasteiger partial charge in [0.2, 0.25) is 11.8 Å². The maximum absolute atomic E-state index is 12.2. The van der Waals surface area contributed by atoms with E-state index in [9.17, 15) is 18.0 Å². The topological polar surface area (TPSA) is 74.4 Å². The zero-order valence-electron chi connectivity index (χ0n) is 11.4. The number of nitrogens with zero attached hydrogens (tertiary/aromatic N) is 1. The van der Waals surface area contributed by atoms with Crippen LogP contribution in [-0.2, 0) is 0 Å². The van der Waals surface area contributed by atoms with Gasteiger partial charge in [0.25, 0.3) is 0 Å². The molecule has 0 unspecified atom stereocenters. The summed E-state index contributed by atoms with van der Waals surface area (Å²) in [6.45, 7) is -1.46. The van der Waals surface area contributed by atoms with E-state index in [-0.39, 0.29) is 28.0 Å². The highest BCUT2D eigenvalue weighted by molar-refractivity contribution is 6.32. The first-order valence-electron chi connectivity index (χ1n) is 6.18. The molecule has 0 radical (unpaired) electrons. The van der Waals surface area contributed by atoms with Crippen molar-refractivity contribution < 1.29 is 27.4 Å². The van der Waals surface area contributed by atoms with E-state index in [0.29, 0.717) is 0 Å². The van der Waals surface area contributed by atoms with Crippen LogP contribution in [-0.4, -0.2) is 23.7 Å². The Morgan fingerprint density at radius 1 is 1.26 bits per heavy atom. The third-order valence-corrected chi connectivity index (χ3v) is 2.81. The molecule has 0 spiro atoms. The molecular weight excluding hydrogens is 337 g/mol. The molecule has 122 valence electrons. The molecule has 0 saturated heterocycles. The maximum atomic E-state index is 12.2. The first-order valence-corrected chi connectivity index (χ1v) is 6.56. The molecule has 1 aromatic carbocycles. The monoisotopic (exact) mass is 346 g/mol. The number of hydrogen-bond donors (Lipinski definition) is 1. The van der Waals surface area contributed by atoms with Gasteiger partial charge in [-0.2, -0.15) is 13.2 Å². The lowest BCUT2D eigenvalue weighted by Gasteiger charge is -2.13. The van der Waals surface area contributed by atoms with Crippen molar-refractivity contribution in [3.63, 3.8) is 0 Å². The standard InChI is InChI=1S/C14H10ClF3N2O3/c15-9-5-8(12(19)21)6-20-13(9)23-11-4-2-1-3-10(11)22-7-14(16,17)18/h1-6H,7H2,(H2,19,21). The Hall–Kier alpha value is -2.48. The number of carbonyl (C=O) groups is 1. The number of pyridine rings is 1. The van der Waals surface area contributed by atoms with Crippen molar-refractivity contribution in [2.24, 2.45) is 5.73 Å². The van der Waals surface area contributed by atoms with Crippen molar-refractivity contribution in [1.29, 1.82) is 0 Å². The largest absolute Gasteiger partial charge is 0.480 e. The van der Waals surface area contributed by atoms with Gasteiger partial charge in [0, 0.05) is 6.20 Å². The Morgan fingerprint density at radius 2 is 1.91 bits per heavy atom. The Balaban J connectivity index is 2.22. The second-order valence-corrected chi connectivity index (χ2v) is 4.74. The van der Waals surface area contributed by atoms with E-state index in [0.717, 1.165) is 6.20 Å². The van der Waals surface area contributed by atoms with Crippen LogP contribution in [0.25, 0.3) is 0 Å². The van der Waals surface area contributed by atoms with Gasteiger partial charge < -0.3 is 15.2 Å². The molecule has 2 rings (SSSR count). The van der Waals surface area contributed by atoms with E-state index in [1.807, 2.05) is 0 Å². The van der Waals surface area contributed by atoms with E-state index >= 15 is 0 Å². The Labute approximate surface area is 133 Å². The second-order valence-electron chi connectivity index (χ2n) is 4.33. The number of benzene rings is 1. The highest BCUT2D eigenvalue weighted by Crippen LogP contribution is 2.34. The number of para-hydroxylation sites is 2. The highest BCUT2D eigenvalue weighted by Gasteiger charge is 2.29. The number of nitrogens with two attached hydrogens (primary N) is 1. The predicted molar refractivity (Wildman–Crippen MR) is 75.8 cm³/mol. The van der Waals surface area contributed by atoms with Crippen molar-refractivity contribution in [2.45, 2.75) is 6.18 Å². The van der Waals surface area contributed by atoms with Crippen LogP contribution in [0, 0.1) is 0 Å². The SMILES string of the molecule is NC(=O)c1cnc(Oc2ccccc2OCC(F)(F)F)c(Cl)c1. The summed E-state index contributed by atoms with van der Waals surface area (Å²) in [5.41, 5.74) is 5.16. The van der Waals surface area contributed by atoms with Gasteiger partial charge in [-0.25, -0.2) is 4.98 Å². The molecule has 0 bridgehead atoms. The number of hydrogen-bond acceptors (Lipinski definition) is 4. The molecule has 1 amide bonds. The van der Waals surface area contributed by atoms with E-state index < -0.39 is 18.7 Å². The fourth-order valence-electron chi connectivity index (χ4n) is 1.55. The summed E-state index contributed by atoms with van der Waals surface area (Å²) in [5.74, 6) is -0.945. The minimum absolute atomic E-state index is 0.00187. The third-order valence-electron chi connectivity index (χ3n) is 2.54. The number of ether oxygens (including phenoxy) is 2. The highest BCUT2D eigenvalue weighted by atomic mass is 35.5. The molecule has 9 heteroatoms. The van der Waals surface area contributed by atoms with Crippen molar-refractivity contribution in [3.8, 4) is 17.4 Å². The van der Waals surface area contributed by atoms with Gasteiger partial charge in [-0.3, -0.25) is 4.79 Å². The molecule has 0 saturated carbocycles. The quantitative estimate of drug-likeness (QED) is 0.898. The summed E-state index contributed by atoms with van der Waals surface area (Å²) in [6, 6.07) is 6.98. The van der Waals surface area contributed by atoms with Crippen molar-refractivity contribution in [2.75, 3.05) is 6.61 Å². The normalized spacial score (nSPS) is 11.1. The van der Waals surface area contributed by atoms with Crippen LogP contribution in [0.5, 0.6) is 17.4 Å². The van der Waals surface area contributed by atoms with Crippen molar-refractivity contribution in [3.05, 3.63) is 47.1 Å². The first-order chi connectivity index (χ1) is 10.8. The minimum Gasteiger partial charge on any atom is -0.480 e. The smallest absolute Gasteiger partial charge is 0.422 e. The molecule has 2 N–H and O–H groups in total. The lowest BCUT2D eigenvalue weighted by atomic mass is 10.3. The molecule has 5 nitrogen and oxygen atoms in total. The number of aromatic nitrogens is 1. The van der Waals surface area contributed by atoms with Gasteiger partial charge in [-0.15, -0.1) is 0 Å². The second kappa shape index (κ2) is 6.74. The number of alkyl halides is 3. The molecule has 0 atom stereocenters. The minimum atomic E-state index is -4.48.